The Labute approximate surface area is 113 Å². The monoisotopic (exact) mass is 286 g/mol. The van der Waals surface area contributed by atoms with Crippen LogP contribution in [0.4, 0.5) is 0 Å². The Balaban J connectivity index is 2.63. The van der Waals surface area contributed by atoms with Gasteiger partial charge in [0.2, 0.25) is 10.0 Å². The molecule has 0 radical (unpaired) electrons. The molecule has 0 unspecified atom stereocenters. The molecule has 2 N–H and O–H groups in total. The van der Waals surface area contributed by atoms with Crippen LogP contribution in [0.25, 0.3) is 0 Å². The second kappa shape index (κ2) is 6.03. The second-order valence-electron chi connectivity index (χ2n) is 4.40. The molecule has 0 aliphatic heterocycles. The molecular weight excluding hydrogens is 268 g/mol. The number of sulfonamides is 1. The lowest BCUT2D eigenvalue weighted by molar-refractivity contribution is -0.133. The van der Waals surface area contributed by atoms with Crippen molar-refractivity contribution >= 4 is 15.9 Å². The topological polar surface area (TPSA) is 89.7 Å². The van der Waals surface area contributed by atoms with Crippen molar-refractivity contribution in [2.45, 2.75) is 24.8 Å². The van der Waals surface area contributed by atoms with E-state index < -0.39 is 10.0 Å². The number of likely N-dealkylation sites (N-methyl/N-ethyl adjacent to an activating group) is 1. The maximum atomic E-state index is 11.7. The van der Waals surface area contributed by atoms with E-state index >= 15 is 0 Å². The number of primary sulfonamides is 1. The smallest absolute Gasteiger partial charge is 0.260 e. The molecule has 7 heteroatoms. The lowest BCUT2D eigenvalue weighted by Gasteiger charge is -2.21. The molecule has 0 fully saturated rings. The van der Waals surface area contributed by atoms with Gasteiger partial charge < -0.3 is 9.64 Å². The van der Waals surface area contributed by atoms with Gasteiger partial charge in [0.25, 0.3) is 5.91 Å². The maximum absolute atomic E-state index is 11.7. The quantitative estimate of drug-likeness (QED) is 0.857. The maximum Gasteiger partial charge on any atom is 0.260 e. The third-order valence-corrected chi connectivity index (χ3v) is 3.61. The summed E-state index contributed by atoms with van der Waals surface area (Å²) in [4.78, 5) is 13.2. The minimum Gasteiger partial charge on any atom is -0.484 e. The molecule has 0 atom stereocenters. The van der Waals surface area contributed by atoms with E-state index in [4.69, 9.17) is 9.88 Å². The fourth-order valence-corrected chi connectivity index (χ4v) is 1.78. The molecule has 0 saturated heterocycles. The van der Waals surface area contributed by atoms with Gasteiger partial charge in [0.1, 0.15) is 5.75 Å². The van der Waals surface area contributed by atoms with E-state index in [0.717, 1.165) is 0 Å². The Bertz CT molecular complexity index is 537. The summed E-state index contributed by atoms with van der Waals surface area (Å²) >= 11 is 0. The number of hydrogen-bond acceptors (Lipinski definition) is 4. The summed E-state index contributed by atoms with van der Waals surface area (Å²) in [5.41, 5.74) is 0. The Hall–Kier alpha value is -1.60. The van der Waals surface area contributed by atoms with Gasteiger partial charge in [0.15, 0.2) is 6.61 Å². The highest BCUT2D eigenvalue weighted by Crippen LogP contribution is 2.14. The molecule has 1 rings (SSSR count). The van der Waals surface area contributed by atoms with E-state index in [0.29, 0.717) is 5.75 Å². The normalized spacial score (nSPS) is 11.4. The van der Waals surface area contributed by atoms with Gasteiger partial charge in [0, 0.05) is 13.1 Å². The van der Waals surface area contributed by atoms with Gasteiger partial charge in [0.05, 0.1) is 4.90 Å². The van der Waals surface area contributed by atoms with Crippen LogP contribution in [0.2, 0.25) is 0 Å². The van der Waals surface area contributed by atoms with Crippen LogP contribution in [-0.4, -0.2) is 38.9 Å². The zero-order chi connectivity index (χ0) is 14.6. The van der Waals surface area contributed by atoms with Gasteiger partial charge in [-0.15, -0.1) is 0 Å². The molecule has 6 nitrogen and oxygen atoms in total. The van der Waals surface area contributed by atoms with Crippen molar-refractivity contribution in [3.05, 3.63) is 24.3 Å². The first-order valence-corrected chi connectivity index (χ1v) is 7.28. The standard InChI is InChI=1S/C12H18N2O4S/c1-9(2)14(3)12(15)8-18-10-4-6-11(7-5-10)19(13,16)17/h4-7,9H,8H2,1-3H3,(H2,13,16,17). The first kappa shape index (κ1) is 15.5. The second-order valence-corrected chi connectivity index (χ2v) is 5.96. The molecule has 0 bridgehead atoms. The van der Waals surface area contributed by atoms with Crippen LogP contribution in [-0.2, 0) is 14.8 Å². The van der Waals surface area contributed by atoms with Crippen molar-refractivity contribution in [1.82, 2.24) is 4.90 Å². The van der Waals surface area contributed by atoms with Crippen LogP contribution in [0.1, 0.15) is 13.8 Å². The van der Waals surface area contributed by atoms with Crippen molar-refractivity contribution in [2.24, 2.45) is 5.14 Å². The highest BCUT2D eigenvalue weighted by atomic mass is 32.2. The summed E-state index contributed by atoms with van der Waals surface area (Å²) in [6, 6.07) is 5.69. The van der Waals surface area contributed by atoms with E-state index in [9.17, 15) is 13.2 Å². The van der Waals surface area contributed by atoms with Crippen molar-refractivity contribution in [2.75, 3.05) is 13.7 Å². The molecule has 0 heterocycles. The number of hydrogen-bond donors (Lipinski definition) is 1. The Morgan fingerprint density at radius 2 is 1.84 bits per heavy atom. The van der Waals surface area contributed by atoms with Gasteiger partial charge in [-0.05, 0) is 38.1 Å². The summed E-state index contributed by atoms with van der Waals surface area (Å²) in [6.07, 6.45) is 0. The number of amides is 1. The first-order chi connectivity index (χ1) is 8.71. The van der Waals surface area contributed by atoms with Crippen LogP contribution in [0.5, 0.6) is 5.75 Å². The van der Waals surface area contributed by atoms with Gasteiger partial charge >= 0.3 is 0 Å². The summed E-state index contributed by atoms with van der Waals surface area (Å²) in [5.74, 6) is 0.267. The number of benzene rings is 1. The van der Waals surface area contributed by atoms with E-state index in [2.05, 4.69) is 0 Å². The fraction of sp³-hybridized carbons (Fsp3) is 0.417. The number of ether oxygens (including phenoxy) is 1. The summed E-state index contributed by atoms with van der Waals surface area (Å²) in [7, 11) is -2.01. The third kappa shape index (κ3) is 4.53. The largest absolute Gasteiger partial charge is 0.484 e. The zero-order valence-electron chi connectivity index (χ0n) is 11.2. The predicted octanol–water partition coefficient (Wildman–Crippen LogP) is 0.580. The molecule has 106 valence electrons. The van der Waals surface area contributed by atoms with Crippen LogP contribution >= 0.6 is 0 Å². The molecule has 0 saturated carbocycles. The van der Waals surface area contributed by atoms with Crippen LogP contribution < -0.4 is 9.88 Å². The van der Waals surface area contributed by atoms with Crippen LogP contribution in [0, 0.1) is 0 Å². The Morgan fingerprint density at radius 1 is 1.32 bits per heavy atom. The molecular formula is C12H18N2O4S. The predicted molar refractivity (Wildman–Crippen MR) is 71.2 cm³/mol. The zero-order valence-corrected chi connectivity index (χ0v) is 12.0. The number of carbonyl (C=O) groups is 1. The molecule has 1 aromatic carbocycles. The SMILES string of the molecule is CC(C)N(C)C(=O)COc1ccc(S(N)(=O)=O)cc1. The Kier molecular flexibility index (Phi) is 4.90. The van der Waals surface area contributed by atoms with Gasteiger partial charge in [-0.3, -0.25) is 4.79 Å². The molecule has 19 heavy (non-hydrogen) atoms. The van der Waals surface area contributed by atoms with E-state index in [1.807, 2.05) is 13.8 Å². The van der Waals surface area contributed by atoms with Crippen LogP contribution in [0.15, 0.2) is 29.2 Å². The van der Waals surface area contributed by atoms with Crippen molar-refractivity contribution in [3.8, 4) is 5.75 Å². The molecule has 0 aliphatic carbocycles. The summed E-state index contributed by atoms with van der Waals surface area (Å²) in [6.45, 7) is 3.71. The summed E-state index contributed by atoms with van der Waals surface area (Å²) in [5, 5.41) is 4.97. The third-order valence-electron chi connectivity index (χ3n) is 2.68. The van der Waals surface area contributed by atoms with Gasteiger partial charge in [-0.1, -0.05) is 0 Å². The molecule has 0 spiro atoms. The highest BCUT2D eigenvalue weighted by Gasteiger charge is 2.13. The van der Waals surface area contributed by atoms with Gasteiger partial charge in [-0.2, -0.15) is 0 Å². The van der Waals surface area contributed by atoms with Crippen molar-refractivity contribution in [3.63, 3.8) is 0 Å². The molecule has 1 amide bonds. The average Bonchev–Trinajstić information content (AvgIpc) is 2.34. The fourth-order valence-electron chi connectivity index (χ4n) is 1.26. The number of nitrogens with zero attached hydrogens (tertiary/aromatic N) is 1. The van der Waals surface area contributed by atoms with Gasteiger partial charge in [-0.25, -0.2) is 13.6 Å². The van der Waals surface area contributed by atoms with E-state index in [1.54, 1.807) is 11.9 Å². The van der Waals surface area contributed by atoms with E-state index in [1.165, 1.54) is 24.3 Å². The lowest BCUT2D eigenvalue weighted by atomic mass is 10.3. The summed E-state index contributed by atoms with van der Waals surface area (Å²) < 4.78 is 27.4. The minimum atomic E-state index is -3.71. The lowest BCUT2D eigenvalue weighted by Crippen LogP contribution is -2.36. The van der Waals surface area contributed by atoms with Crippen LogP contribution in [0.3, 0.4) is 0 Å². The van der Waals surface area contributed by atoms with E-state index in [-0.39, 0.29) is 23.5 Å². The number of rotatable bonds is 5. The van der Waals surface area contributed by atoms with Crippen molar-refractivity contribution < 1.29 is 17.9 Å². The Morgan fingerprint density at radius 3 is 2.26 bits per heavy atom. The van der Waals surface area contributed by atoms with Crippen molar-refractivity contribution in [1.29, 1.82) is 0 Å². The molecule has 1 aromatic rings. The average molecular weight is 286 g/mol. The number of carbonyl (C=O) groups excluding carboxylic acids is 1. The molecule has 0 aromatic heterocycles. The highest BCUT2D eigenvalue weighted by molar-refractivity contribution is 7.89. The minimum absolute atomic E-state index is 0.00507. The number of nitrogens with two attached hydrogens (primary N) is 1. The molecule has 0 aliphatic rings. The first-order valence-electron chi connectivity index (χ1n) is 5.73.